The number of nitriles is 1. The molecular weight excluding hydrogens is 344 g/mol. The summed E-state index contributed by atoms with van der Waals surface area (Å²) in [6, 6.07) is 12.1. The van der Waals surface area contributed by atoms with Gasteiger partial charge in [0.25, 0.3) is 5.56 Å². The zero-order valence-electron chi connectivity index (χ0n) is 15.3. The second kappa shape index (κ2) is 7.79. The number of thioether (sulfide) groups is 1. The standard InChI is InChI=1S/C20H22N4OS/c1-14(2)9-11-24-19(25)18-17(22-20(24)26-12-10-21)16(13-23(18)3)15-7-5-4-6-8-15/h4-8,13-14H,9,11-12H2,1-3H3. The molecule has 0 aliphatic rings. The van der Waals surface area contributed by atoms with Crippen LogP contribution < -0.4 is 5.56 Å². The van der Waals surface area contributed by atoms with Crippen molar-refractivity contribution in [2.75, 3.05) is 5.75 Å². The fourth-order valence-corrected chi connectivity index (χ4v) is 3.65. The Bertz CT molecular complexity index is 1010. The fourth-order valence-electron chi connectivity index (χ4n) is 2.97. The molecule has 0 saturated heterocycles. The number of rotatable bonds is 6. The van der Waals surface area contributed by atoms with Crippen LogP contribution in [0.2, 0.25) is 0 Å². The number of hydrogen-bond acceptors (Lipinski definition) is 4. The van der Waals surface area contributed by atoms with Crippen LogP contribution >= 0.6 is 11.8 Å². The Morgan fingerprint density at radius 2 is 2.00 bits per heavy atom. The Kier molecular flexibility index (Phi) is 5.48. The van der Waals surface area contributed by atoms with E-state index >= 15 is 0 Å². The van der Waals surface area contributed by atoms with Gasteiger partial charge in [-0.1, -0.05) is 55.9 Å². The van der Waals surface area contributed by atoms with Crippen LogP contribution in [0.4, 0.5) is 0 Å². The highest BCUT2D eigenvalue weighted by molar-refractivity contribution is 7.99. The highest BCUT2D eigenvalue weighted by atomic mass is 32.2. The van der Waals surface area contributed by atoms with Crippen LogP contribution in [-0.2, 0) is 13.6 Å². The molecule has 5 nitrogen and oxygen atoms in total. The fraction of sp³-hybridized carbons (Fsp3) is 0.350. The molecule has 3 aromatic rings. The van der Waals surface area contributed by atoms with Gasteiger partial charge < -0.3 is 4.57 Å². The van der Waals surface area contributed by atoms with E-state index < -0.39 is 0 Å². The molecule has 2 aromatic heterocycles. The number of aromatic nitrogens is 3. The lowest BCUT2D eigenvalue weighted by atomic mass is 10.1. The van der Waals surface area contributed by atoms with E-state index in [1.54, 1.807) is 4.57 Å². The minimum atomic E-state index is -0.0410. The van der Waals surface area contributed by atoms with Crippen LogP contribution in [0.25, 0.3) is 22.2 Å². The van der Waals surface area contributed by atoms with E-state index in [4.69, 9.17) is 10.2 Å². The van der Waals surface area contributed by atoms with Gasteiger partial charge in [0.15, 0.2) is 5.16 Å². The van der Waals surface area contributed by atoms with Gasteiger partial charge in [-0.05, 0) is 17.9 Å². The average Bonchev–Trinajstić information content (AvgIpc) is 2.96. The van der Waals surface area contributed by atoms with Gasteiger partial charge >= 0.3 is 0 Å². The number of benzene rings is 1. The summed E-state index contributed by atoms with van der Waals surface area (Å²) in [5.74, 6) is 0.757. The van der Waals surface area contributed by atoms with Crippen molar-refractivity contribution >= 4 is 22.8 Å². The second-order valence-electron chi connectivity index (χ2n) is 6.70. The third-order valence-corrected chi connectivity index (χ3v) is 5.16. The zero-order valence-corrected chi connectivity index (χ0v) is 16.1. The van der Waals surface area contributed by atoms with E-state index in [0.29, 0.717) is 28.7 Å². The molecule has 0 bridgehead atoms. The first-order chi connectivity index (χ1) is 12.5. The Morgan fingerprint density at radius 1 is 1.27 bits per heavy atom. The highest BCUT2D eigenvalue weighted by Crippen LogP contribution is 2.29. The highest BCUT2D eigenvalue weighted by Gasteiger charge is 2.18. The van der Waals surface area contributed by atoms with Crippen LogP contribution in [0.15, 0.2) is 46.5 Å². The lowest BCUT2D eigenvalue weighted by molar-refractivity contribution is 0.480. The summed E-state index contributed by atoms with van der Waals surface area (Å²) in [5, 5.41) is 9.58. The molecule has 0 aliphatic heterocycles. The van der Waals surface area contributed by atoms with Crippen LogP contribution in [0.5, 0.6) is 0 Å². The van der Waals surface area contributed by atoms with Crippen molar-refractivity contribution in [2.24, 2.45) is 13.0 Å². The molecule has 0 radical (unpaired) electrons. The third-order valence-electron chi connectivity index (χ3n) is 4.32. The largest absolute Gasteiger partial charge is 0.344 e. The quantitative estimate of drug-likeness (QED) is 0.487. The van der Waals surface area contributed by atoms with Gasteiger partial charge in [0.1, 0.15) is 11.0 Å². The van der Waals surface area contributed by atoms with Gasteiger partial charge in [0, 0.05) is 25.4 Å². The van der Waals surface area contributed by atoms with Crippen molar-refractivity contribution < 1.29 is 0 Å². The van der Waals surface area contributed by atoms with E-state index in [9.17, 15) is 4.79 Å². The molecule has 0 atom stereocenters. The molecule has 1 aromatic carbocycles. The number of hydrogen-bond donors (Lipinski definition) is 0. The van der Waals surface area contributed by atoms with Crippen LogP contribution in [0.3, 0.4) is 0 Å². The van der Waals surface area contributed by atoms with Crippen molar-refractivity contribution in [1.82, 2.24) is 14.1 Å². The topological polar surface area (TPSA) is 63.6 Å². The summed E-state index contributed by atoms with van der Waals surface area (Å²) in [6.45, 7) is 4.88. The van der Waals surface area contributed by atoms with E-state index in [1.807, 2.05) is 48.1 Å². The monoisotopic (exact) mass is 366 g/mol. The molecule has 2 heterocycles. The Labute approximate surface area is 157 Å². The maximum absolute atomic E-state index is 13.2. The predicted octanol–water partition coefficient (Wildman–Crippen LogP) is 4.06. The lowest BCUT2D eigenvalue weighted by Crippen LogP contribution is -2.25. The SMILES string of the molecule is CC(C)CCn1c(SCC#N)nc2c(-c3ccccc3)cn(C)c2c1=O. The molecule has 0 unspecified atom stereocenters. The van der Waals surface area contributed by atoms with Gasteiger partial charge in [-0.2, -0.15) is 5.26 Å². The predicted molar refractivity (Wildman–Crippen MR) is 106 cm³/mol. The maximum atomic E-state index is 13.2. The van der Waals surface area contributed by atoms with Gasteiger partial charge in [-0.15, -0.1) is 0 Å². The third kappa shape index (κ3) is 3.54. The van der Waals surface area contributed by atoms with Crippen molar-refractivity contribution in [1.29, 1.82) is 5.26 Å². The van der Waals surface area contributed by atoms with Crippen LogP contribution in [0.1, 0.15) is 20.3 Å². The summed E-state index contributed by atoms with van der Waals surface area (Å²) >= 11 is 1.32. The van der Waals surface area contributed by atoms with Crippen molar-refractivity contribution in [3.63, 3.8) is 0 Å². The Balaban J connectivity index is 2.22. The first-order valence-corrected chi connectivity index (χ1v) is 9.66. The molecule has 0 N–H and O–H groups in total. The molecule has 134 valence electrons. The first kappa shape index (κ1) is 18.3. The number of fused-ring (bicyclic) bond motifs is 1. The van der Waals surface area contributed by atoms with Crippen LogP contribution in [0, 0.1) is 17.2 Å². The van der Waals surface area contributed by atoms with Gasteiger partial charge in [-0.25, -0.2) is 4.98 Å². The molecule has 3 rings (SSSR count). The minimum Gasteiger partial charge on any atom is -0.344 e. The second-order valence-corrected chi connectivity index (χ2v) is 7.64. The lowest BCUT2D eigenvalue weighted by Gasteiger charge is -2.13. The smallest absolute Gasteiger partial charge is 0.278 e. The summed E-state index contributed by atoms with van der Waals surface area (Å²) in [6.07, 6.45) is 2.85. The van der Waals surface area contributed by atoms with Gasteiger partial charge in [0.05, 0.1) is 11.8 Å². The minimum absolute atomic E-state index is 0.0410. The Hall–Kier alpha value is -2.52. The van der Waals surface area contributed by atoms with E-state index in [1.165, 1.54) is 11.8 Å². The molecular formula is C20H22N4OS. The first-order valence-electron chi connectivity index (χ1n) is 8.68. The molecule has 0 saturated carbocycles. The number of aryl methyl sites for hydroxylation is 1. The van der Waals surface area contributed by atoms with E-state index in [2.05, 4.69) is 19.9 Å². The molecule has 0 aliphatic carbocycles. The molecule has 0 spiro atoms. The van der Waals surface area contributed by atoms with Crippen LogP contribution in [-0.4, -0.2) is 19.9 Å². The maximum Gasteiger partial charge on any atom is 0.278 e. The molecule has 6 heteroatoms. The molecule has 0 amide bonds. The zero-order chi connectivity index (χ0) is 18.7. The van der Waals surface area contributed by atoms with E-state index in [-0.39, 0.29) is 11.3 Å². The summed E-state index contributed by atoms with van der Waals surface area (Å²) in [5.41, 5.74) is 3.23. The normalized spacial score (nSPS) is 11.2. The average molecular weight is 366 g/mol. The summed E-state index contributed by atoms with van der Waals surface area (Å²) < 4.78 is 3.58. The molecule has 0 fully saturated rings. The molecule has 26 heavy (non-hydrogen) atoms. The number of nitrogens with zero attached hydrogens (tertiary/aromatic N) is 4. The summed E-state index contributed by atoms with van der Waals surface area (Å²) in [7, 11) is 1.88. The van der Waals surface area contributed by atoms with Crippen molar-refractivity contribution in [3.8, 4) is 17.2 Å². The van der Waals surface area contributed by atoms with Gasteiger partial charge in [-0.3, -0.25) is 9.36 Å². The van der Waals surface area contributed by atoms with Gasteiger partial charge in [0.2, 0.25) is 0 Å². The van der Waals surface area contributed by atoms with Crippen molar-refractivity contribution in [3.05, 3.63) is 46.9 Å². The summed E-state index contributed by atoms with van der Waals surface area (Å²) in [4.78, 5) is 18.0. The Morgan fingerprint density at radius 3 is 2.65 bits per heavy atom. The van der Waals surface area contributed by atoms with E-state index in [0.717, 1.165) is 17.5 Å². The van der Waals surface area contributed by atoms with Crippen molar-refractivity contribution in [2.45, 2.75) is 32.0 Å².